The Balaban J connectivity index is 1.86. The zero-order valence-corrected chi connectivity index (χ0v) is 12.0. The van der Waals surface area contributed by atoms with Crippen molar-refractivity contribution in [3.05, 3.63) is 34.6 Å². The van der Waals surface area contributed by atoms with Gasteiger partial charge in [-0.2, -0.15) is 0 Å². The fourth-order valence-corrected chi connectivity index (χ4v) is 3.61. The molecule has 1 N–H and O–H groups in total. The summed E-state index contributed by atoms with van der Waals surface area (Å²) in [6.07, 6.45) is 3.76. The molecule has 2 saturated heterocycles. The first-order valence-electron chi connectivity index (χ1n) is 7.09. The van der Waals surface area contributed by atoms with Gasteiger partial charge in [0.2, 0.25) is 5.91 Å². The van der Waals surface area contributed by atoms with Crippen molar-refractivity contribution in [3.63, 3.8) is 0 Å². The number of hydrogen-bond donors (Lipinski definition) is 1. The quantitative estimate of drug-likeness (QED) is 0.910. The van der Waals surface area contributed by atoms with E-state index < -0.39 is 5.54 Å². The van der Waals surface area contributed by atoms with Gasteiger partial charge >= 0.3 is 0 Å². The second-order valence-corrected chi connectivity index (χ2v) is 6.06. The van der Waals surface area contributed by atoms with Gasteiger partial charge in [-0.05, 0) is 56.0 Å². The second kappa shape index (κ2) is 5.34. The van der Waals surface area contributed by atoms with E-state index >= 15 is 0 Å². The normalized spacial score (nSPS) is 27.0. The van der Waals surface area contributed by atoms with Crippen LogP contribution in [0.25, 0.3) is 0 Å². The molecule has 2 aliphatic rings. The summed E-state index contributed by atoms with van der Waals surface area (Å²) >= 11 is 6.14. The van der Waals surface area contributed by atoms with Crippen LogP contribution in [-0.4, -0.2) is 29.4 Å². The molecule has 2 aliphatic heterocycles. The van der Waals surface area contributed by atoms with Gasteiger partial charge in [0.15, 0.2) is 0 Å². The summed E-state index contributed by atoms with van der Waals surface area (Å²) in [5.41, 5.74) is 0.347. The molecule has 3 rings (SSSR count). The lowest BCUT2D eigenvalue weighted by Crippen LogP contribution is -2.58. The zero-order chi connectivity index (χ0) is 14.2. The van der Waals surface area contributed by atoms with Crippen LogP contribution in [-0.2, 0) is 11.3 Å². The number of rotatable bonds is 2. The number of carbonyl (C=O) groups excluding carboxylic acids is 1. The third kappa shape index (κ3) is 2.31. The molecule has 20 heavy (non-hydrogen) atoms. The van der Waals surface area contributed by atoms with Gasteiger partial charge in [-0.1, -0.05) is 11.6 Å². The van der Waals surface area contributed by atoms with Crippen molar-refractivity contribution in [2.75, 3.05) is 13.1 Å². The fourth-order valence-electron chi connectivity index (χ4n) is 3.44. The minimum Gasteiger partial charge on any atom is -0.354 e. The molecule has 0 aromatic heterocycles. The molecule has 0 aliphatic carbocycles. The number of amides is 1. The van der Waals surface area contributed by atoms with Crippen LogP contribution < -0.4 is 5.32 Å². The lowest BCUT2D eigenvalue weighted by atomic mass is 9.86. The summed E-state index contributed by atoms with van der Waals surface area (Å²) in [4.78, 5) is 14.5. The van der Waals surface area contributed by atoms with Gasteiger partial charge in [-0.25, -0.2) is 4.39 Å². The first kappa shape index (κ1) is 13.8. The summed E-state index contributed by atoms with van der Waals surface area (Å²) in [5.74, 6) is -0.167. The highest BCUT2D eigenvalue weighted by atomic mass is 35.5. The fraction of sp³-hybridized carbons (Fsp3) is 0.533. The second-order valence-electron chi connectivity index (χ2n) is 5.65. The molecule has 1 aromatic carbocycles. The molecule has 0 saturated carbocycles. The lowest BCUT2D eigenvalue weighted by molar-refractivity contribution is -0.134. The predicted octanol–water partition coefficient (Wildman–Crippen LogP) is 2.72. The summed E-state index contributed by atoms with van der Waals surface area (Å²) in [5, 5.41) is 3.53. The van der Waals surface area contributed by atoms with Crippen LogP contribution in [0.15, 0.2) is 18.2 Å². The van der Waals surface area contributed by atoms with Crippen molar-refractivity contribution in [2.45, 2.75) is 37.8 Å². The molecule has 1 atom stereocenters. The maximum Gasteiger partial charge on any atom is 0.240 e. The Morgan fingerprint density at radius 2 is 2.15 bits per heavy atom. The molecule has 0 bridgehead atoms. The molecule has 1 spiro atoms. The van der Waals surface area contributed by atoms with Crippen LogP contribution >= 0.6 is 11.6 Å². The minimum absolute atomic E-state index is 0.119. The van der Waals surface area contributed by atoms with Gasteiger partial charge in [0.05, 0.1) is 0 Å². The number of nitrogens with zero attached hydrogens (tertiary/aromatic N) is 1. The highest BCUT2D eigenvalue weighted by Gasteiger charge is 2.48. The molecule has 5 heteroatoms. The van der Waals surface area contributed by atoms with E-state index in [0.29, 0.717) is 11.6 Å². The van der Waals surface area contributed by atoms with E-state index in [4.69, 9.17) is 11.6 Å². The van der Waals surface area contributed by atoms with E-state index in [1.807, 2.05) is 0 Å². The molecule has 108 valence electrons. The van der Waals surface area contributed by atoms with Crippen molar-refractivity contribution in [3.8, 4) is 0 Å². The molecular formula is C15H18ClFN2O. The van der Waals surface area contributed by atoms with E-state index in [2.05, 4.69) is 10.2 Å². The molecule has 3 nitrogen and oxygen atoms in total. The van der Waals surface area contributed by atoms with Gasteiger partial charge < -0.3 is 5.32 Å². The van der Waals surface area contributed by atoms with Crippen molar-refractivity contribution in [1.29, 1.82) is 0 Å². The van der Waals surface area contributed by atoms with Crippen molar-refractivity contribution in [1.82, 2.24) is 10.2 Å². The monoisotopic (exact) mass is 296 g/mol. The van der Waals surface area contributed by atoms with Gasteiger partial charge in [-0.15, -0.1) is 0 Å². The van der Waals surface area contributed by atoms with Crippen LogP contribution in [0.1, 0.15) is 31.2 Å². The number of nitrogens with one attached hydrogen (secondary N) is 1. The Morgan fingerprint density at radius 1 is 1.35 bits per heavy atom. The van der Waals surface area contributed by atoms with E-state index in [1.165, 1.54) is 12.1 Å². The van der Waals surface area contributed by atoms with Crippen molar-refractivity contribution >= 4 is 17.5 Å². The van der Waals surface area contributed by atoms with Crippen LogP contribution in [0, 0.1) is 5.82 Å². The molecule has 2 heterocycles. The van der Waals surface area contributed by atoms with Gasteiger partial charge in [-0.3, -0.25) is 9.69 Å². The third-order valence-electron chi connectivity index (χ3n) is 4.47. The van der Waals surface area contributed by atoms with Crippen LogP contribution in [0.4, 0.5) is 4.39 Å². The Hall–Kier alpha value is -1.13. The van der Waals surface area contributed by atoms with Crippen LogP contribution in [0.3, 0.4) is 0 Å². The van der Waals surface area contributed by atoms with E-state index in [0.717, 1.165) is 44.3 Å². The molecular weight excluding hydrogens is 279 g/mol. The number of carbonyl (C=O) groups is 1. The Morgan fingerprint density at radius 3 is 2.95 bits per heavy atom. The molecule has 1 aromatic rings. The third-order valence-corrected chi connectivity index (χ3v) is 4.84. The highest BCUT2D eigenvalue weighted by Crippen LogP contribution is 2.37. The zero-order valence-electron chi connectivity index (χ0n) is 11.3. The minimum atomic E-state index is -0.409. The Kier molecular flexibility index (Phi) is 3.69. The van der Waals surface area contributed by atoms with E-state index in [1.54, 1.807) is 6.07 Å². The first-order chi connectivity index (χ1) is 9.62. The number of piperidine rings is 1. The first-order valence-corrected chi connectivity index (χ1v) is 7.47. The van der Waals surface area contributed by atoms with E-state index in [9.17, 15) is 9.18 Å². The van der Waals surface area contributed by atoms with Crippen molar-refractivity contribution < 1.29 is 9.18 Å². The predicted molar refractivity (Wildman–Crippen MR) is 76.0 cm³/mol. The molecule has 2 fully saturated rings. The van der Waals surface area contributed by atoms with Crippen LogP contribution in [0.2, 0.25) is 5.02 Å². The summed E-state index contributed by atoms with van der Waals surface area (Å²) in [7, 11) is 0. The summed E-state index contributed by atoms with van der Waals surface area (Å²) in [6, 6.07) is 4.41. The summed E-state index contributed by atoms with van der Waals surface area (Å²) < 4.78 is 13.4. The lowest BCUT2D eigenvalue weighted by Gasteiger charge is -2.40. The maximum absolute atomic E-state index is 13.4. The topological polar surface area (TPSA) is 32.3 Å². The van der Waals surface area contributed by atoms with Crippen LogP contribution in [0.5, 0.6) is 0 Å². The smallest absolute Gasteiger partial charge is 0.240 e. The summed E-state index contributed by atoms with van der Waals surface area (Å²) in [6.45, 7) is 2.15. The molecule has 1 unspecified atom stereocenters. The number of hydrogen-bond acceptors (Lipinski definition) is 2. The van der Waals surface area contributed by atoms with E-state index in [-0.39, 0.29) is 11.7 Å². The standard InChI is InChI=1S/C15H18ClFN2O/c16-13-4-3-12(17)9-11(13)10-19-8-2-6-15(19)5-1-7-18-14(15)20/h3-4,9H,1-2,5-8,10H2,(H,18,20). The average Bonchev–Trinajstić information content (AvgIpc) is 2.82. The average molecular weight is 297 g/mol. The number of halogens is 2. The van der Waals surface area contributed by atoms with Crippen molar-refractivity contribution in [2.24, 2.45) is 0 Å². The van der Waals surface area contributed by atoms with Gasteiger partial charge in [0.1, 0.15) is 11.4 Å². The highest BCUT2D eigenvalue weighted by molar-refractivity contribution is 6.31. The molecule has 1 amide bonds. The van der Waals surface area contributed by atoms with Gasteiger partial charge in [0, 0.05) is 18.1 Å². The SMILES string of the molecule is O=C1NCCCC12CCCN2Cc1cc(F)ccc1Cl. The van der Waals surface area contributed by atoms with Gasteiger partial charge in [0.25, 0.3) is 0 Å². The molecule has 0 radical (unpaired) electrons. The largest absolute Gasteiger partial charge is 0.354 e. The maximum atomic E-state index is 13.4. The Labute approximate surface area is 123 Å². The Bertz CT molecular complexity index is 537. The number of likely N-dealkylation sites (tertiary alicyclic amines) is 1. The number of benzene rings is 1.